The van der Waals surface area contributed by atoms with Crippen LogP contribution in [-0.4, -0.2) is 10.2 Å². The fraction of sp³-hybridized carbons (Fsp3) is 0.333. The predicted octanol–water partition coefficient (Wildman–Crippen LogP) is 4.45. The summed E-state index contributed by atoms with van der Waals surface area (Å²) in [5, 5.41) is 19.8. The summed E-state index contributed by atoms with van der Waals surface area (Å²) in [4.78, 5) is 0. The first-order valence-electron chi connectivity index (χ1n) is 7.28. The average Bonchev–Trinajstić information content (AvgIpc) is 2.48. The first-order chi connectivity index (χ1) is 9.63. The van der Waals surface area contributed by atoms with Crippen molar-refractivity contribution in [2.75, 3.05) is 0 Å². The summed E-state index contributed by atoms with van der Waals surface area (Å²) in [5.74, 6) is -0.0377. The van der Waals surface area contributed by atoms with Gasteiger partial charge in [-0.25, -0.2) is 0 Å². The molecule has 0 bridgehead atoms. The summed E-state index contributed by atoms with van der Waals surface area (Å²) in [6.07, 6.45) is 2.65. The van der Waals surface area contributed by atoms with Gasteiger partial charge in [0.25, 0.3) is 0 Å². The average molecular weight is 270 g/mol. The van der Waals surface area contributed by atoms with Gasteiger partial charge in [0.05, 0.1) is 0 Å². The largest absolute Gasteiger partial charge is 0.504 e. The van der Waals surface area contributed by atoms with Gasteiger partial charge >= 0.3 is 0 Å². The van der Waals surface area contributed by atoms with E-state index in [9.17, 15) is 10.2 Å². The molecule has 0 spiro atoms. The molecule has 0 aliphatic rings. The van der Waals surface area contributed by atoms with E-state index in [1.807, 2.05) is 13.0 Å². The van der Waals surface area contributed by atoms with Crippen LogP contribution in [0, 0.1) is 0 Å². The number of hydrogen-bond acceptors (Lipinski definition) is 2. The van der Waals surface area contributed by atoms with Crippen molar-refractivity contribution >= 4 is 0 Å². The van der Waals surface area contributed by atoms with Crippen LogP contribution in [0.5, 0.6) is 11.5 Å². The maximum atomic E-state index is 10.1. The zero-order valence-electron chi connectivity index (χ0n) is 12.4. The van der Waals surface area contributed by atoms with Crippen LogP contribution in [0.4, 0.5) is 0 Å². The summed E-state index contributed by atoms with van der Waals surface area (Å²) in [6, 6.07) is 9.80. The normalized spacial score (nSPS) is 10.8. The van der Waals surface area contributed by atoms with Gasteiger partial charge in [-0.1, -0.05) is 45.0 Å². The Labute approximate surface area is 120 Å². The number of benzene rings is 2. The molecule has 0 aliphatic heterocycles. The highest BCUT2D eigenvalue weighted by atomic mass is 16.3. The van der Waals surface area contributed by atoms with Gasteiger partial charge in [-0.3, -0.25) is 0 Å². The van der Waals surface area contributed by atoms with Gasteiger partial charge < -0.3 is 10.2 Å². The molecular formula is C18H22O2. The van der Waals surface area contributed by atoms with Gasteiger partial charge in [-0.15, -0.1) is 0 Å². The molecular weight excluding hydrogens is 248 g/mol. The van der Waals surface area contributed by atoms with Crippen LogP contribution in [0.1, 0.15) is 37.5 Å². The molecule has 0 fully saturated rings. The van der Waals surface area contributed by atoms with Crippen LogP contribution in [0.25, 0.3) is 11.1 Å². The molecule has 2 nitrogen and oxygen atoms in total. The third kappa shape index (κ3) is 2.38. The molecule has 20 heavy (non-hydrogen) atoms. The summed E-state index contributed by atoms with van der Waals surface area (Å²) >= 11 is 0. The zero-order chi connectivity index (χ0) is 14.7. The van der Waals surface area contributed by atoms with Crippen molar-refractivity contribution in [2.24, 2.45) is 0 Å². The second kappa shape index (κ2) is 6.00. The molecule has 0 unspecified atom stereocenters. The number of hydrogen-bond donors (Lipinski definition) is 2. The summed E-state index contributed by atoms with van der Waals surface area (Å²) in [7, 11) is 0. The van der Waals surface area contributed by atoms with Crippen LogP contribution in [-0.2, 0) is 19.3 Å². The Morgan fingerprint density at radius 1 is 0.750 bits per heavy atom. The number of aryl methyl sites for hydroxylation is 1. The monoisotopic (exact) mass is 270 g/mol. The molecule has 0 aromatic heterocycles. The van der Waals surface area contributed by atoms with Crippen molar-refractivity contribution < 1.29 is 10.2 Å². The molecule has 2 N–H and O–H groups in total. The van der Waals surface area contributed by atoms with Crippen LogP contribution in [0.2, 0.25) is 0 Å². The van der Waals surface area contributed by atoms with Crippen molar-refractivity contribution in [1.29, 1.82) is 0 Å². The Kier molecular flexibility index (Phi) is 4.33. The Bertz CT molecular complexity index is 615. The van der Waals surface area contributed by atoms with Crippen molar-refractivity contribution in [3.63, 3.8) is 0 Å². The molecule has 0 heterocycles. The minimum Gasteiger partial charge on any atom is -0.504 e. The van der Waals surface area contributed by atoms with Gasteiger partial charge in [-0.2, -0.15) is 0 Å². The van der Waals surface area contributed by atoms with E-state index < -0.39 is 0 Å². The molecule has 0 saturated carbocycles. The van der Waals surface area contributed by atoms with Crippen molar-refractivity contribution in [3.05, 3.63) is 47.0 Å². The Balaban J connectivity index is 2.72. The number of aromatic hydroxyl groups is 2. The standard InChI is InChI=1S/C18H22O2/c1-4-12-8-7-9-15(13(12)5-2)16-10-11-17(19)18(20)14(16)6-3/h7-11,19-20H,4-6H2,1-3H3. The van der Waals surface area contributed by atoms with Gasteiger partial charge in [-0.05, 0) is 47.6 Å². The van der Waals surface area contributed by atoms with Crippen LogP contribution >= 0.6 is 0 Å². The Hall–Kier alpha value is -1.96. The first kappa shape index (κ1) is 14.4. The Morgan fingerprint density at radius 3 is 2.00 bits per heavy atom. The lowest BCUT2D eigenvalue weighted by Gasteiger charge is -2.17. The van der Waals surface area contributed by atoms with Gasteiger partial charge in [0.1, 0.15) is 0 Å². The van der Waals surface area contributed by atoms with E-state index in [0.717, 1.165) is 24.0 Å². The fourth-order valence-corrected chi connectivity index (χ4v) is 2.87. The molecule has 0 atom stereocenters. The lowest BCUT2D eigenvalue weighted by Crippen LogP contribution is -1.97. The smallest absolute Gasteiger partial charge is 0.161 e. The molecule has 106 valence electrons. The third-order valence-electron chi connectivity index (χ3n) is 3.91. The molecule has 2 aromatic rings. The first-order valence-corrected chi connectivity index (χ1v) is 7.28. The fourth-order valence-electron chi connectivity index (χ4n) is 2.87. The number of phenols is 2. The maximum Gasteiger partial charge on any atom is 0.161 e. The topological polar surface area (TPSA) is 40.5 Å². The van der Waals surface area contributed by atoms with Crippen LogP contribution < -0.4 is 0 Å². The number of rotatable bonds is 4. The van der Waals surface area contributed by atoms with Gasteiger partial charge in [0.15, 0.2) is 11.5 Å². The summed E-state index contributed by atoms with van der Waals surface area (Å²) in [6.45, 7) is 6.31. The van der Waals surface area contributed by atoms with E-state index in [4.69, 9.17) is 0 Å². The molecule has 0 aliphatic carbocycles. The molecule has 2 rings (SSSR count). The van der Waals surface area contributed by atoms with E-state index in [1.165, 1.54) is 16.7 Å². The second-order valence-corrected chi connectivity index (χ2v) is 4.96. The lowest BCUT2D eigenvalue weighted by molar-refractivity contribution is 0.400. The highest BCUT2D eigenvalue weighted by Crippen LogP contribution is 2.38. The van der Waals surface area contributed by atoms with Crippen LogP contribution in [0.3, 0.4) is 0 Å². The van der Waals surface area contributed by atoms with Crippen molar-refractivity contribution in [1.82, 2.24) is 0 Å². The minimum absolute atomic E-state index is 0.00829. The van der Waals surface area contributed by atoms with Crippen molar-refractivity contribution in [3.8, 4) is 22.6 Å². The third-order valence-corrected chi connectivity index (χ3v) is 3.91. The SMILES string of the molecule is CCc1cccc(-c2ccc(O)c(O)c2CC)c1CC. The van der Waals surface area contributed by atoms with E-state index in [0.29, 0.717) is 6.42 Å². The molecule has 0 radical (unpaired) electrons. The van der Waals surface area contributed by atoms with E-state index in [1.54, 1.807) is 6.07 Å². The quantitative estimate of drug-likeness (QED) is 0.806. The summed E-state index contributed by atoms with van der Waals surface area (Å²) < 4.78 is 0. The molecule has 0 saturated heterocycles. The van der Waals surface area contributed by atoms with Crippen molar-refractivity contribution in [2.45, 2.75) is 40.0 Å². The highest BCUT2D eigenvalue weighted by Gasteiger charge is 2.15. The minimum atomic E-state index is -0.0460. The maximum absolute atomic E-state index is 10.1. The number of phenolic OH excluding ortho intramolecular Hbond substituents is 2. The predicted molar refractivity (Wildman–Crippen MR) is 83.3 cm³/mol. The molecule has 0 amide bonds. The van der Waals surface area contributed by atoms with Gasteiger partial charge in [0.2, 0.25) is 0 Å². The van der Waals surface area contributed by atoms with Gasteiger partial charge in [0, 0.05) is 5.56 Å². The van der Waals surface area contributed by atoms with E-state index in [-0.39, 0.29) is 11.5 Å². The highest BCUT2D eigenvalue weighted by molar-refractivity contribution is 5.75. The van der Waals surface area contributed by atoms with E-state index in [2.05, 4.69) is 32.0 Å². The lowest BCUT2D eigenvalue weighted by atomic mass is 9.89. The molecule has 2 aromatic carbocycles. The van der Waals surface area contributed by atoms with Crippen LogP contribution in [0.15, 0.2) is 30.3 Å². The zero-order valence-corrected chi connectivity index (χ0v) is 12.4. The summed E-state index contributed by atoms with van der Waals surface area (Å²) in [5.41, 5.74) is 5.68. The Morgan fingerprint density at radius 2 is 1.40 bits per heavy atom. The second-order valence-electron chi connectivity index (χ2n) is 4.96. The van der Waals surface area contributed by atoms with E-state index >= 15 is 0 Å². The molecule has 2 heteroatoms.